The lowest BCUT2D eigenvalue weighted by molar-refractivity contribution is -0.118. The number of methoxy groups -OCH3 is 1. The van der Waals surface area contributed by atoms with Crippen LogP contribution in [0.3, 0.4) is 0 Å². The number of carbonyl (C=O) groups is 1. The molecule has 0 saturated heterocycles. The third kappa shape index (κ3) is 6.01. The molecule has 4 rings (SSSR count). The van der Waals surface area contributed by atoms with E-state index in [4.69, 9.17) is 4.74 Å². The van der Waals surface area contributed by atoms with Crippen LogP contribution in [0.1, 0.15) is 31.9 Å². The normalized spacial score (nSPS) is 11.6. The molecule has 8 heteroatoms. The predicted molar refractivity (Wildman–Crippen MR) is 145 cm³/mol. The fourth-order valence-corrected chi connectivity index (χ4v) is 4.33. The summed E-state index contributed by atoms with van der Waals surface area (Å²) in [5.41, 5.74) is 6.54. The summed E-state index contributed by atoms with van der Waals surface area (Å²) in [4.78, 5) is 12.5. The molecule has 1 aromatic heterocycles. The van der Waals surface area contributed by atoms with E-state index >= 15 is 0 Å². The van der Waals surface area contributed by atoms with Crippen LogP contribution in [0.15, 0.2) is 89.1 Å². The number of benzene rings is 3. The molecular formula is C28H29N5O2S. The minimum Gasteiger partial charge on any atom is -0.496 e. The number of rotatable bonds is 8. The van der Waals surface area contributed by atoms with Crippen molar-refractivity contribution >= 4 is 23.9 Å². The van der Waals surface area contributed by atoms with Crippen LogP contribution in [-0.2, 0) is 10.2 Å². The number of ether oxygens (including phenoxy) is 1. The molecule has 4 aromatic rings. The van der Waals surface area contributed by atoms with Gasteiger partial charge in [0, 0.05) is 16.8 Å². The quantitative estimate of drug-likeness (QED) is 0.197. The molecule has 184 valence electrons. The summed E-state index contributed by atoms with van der Waals surface area (Å²) in [6.45, 7) is 6.57. The number of para-hydroxylation sites is 2. The molecule has 1 N–H and O–H groups in total. The van der Waals surface area contributed by atoms with Gasteiger partial charge in [0.15, 0.2) is 11.0 Å². The Morgan fingerprint density at radius 1 is 1.00 bits per heavy atom. The van der Waals surface area contributed by atoms with E-state index in [0.717, 1.165) is 22.6 Å². The molecule has 0 unspecified atom stereocenters. The molecule has 0 atom stereocenters. The van der Waals surface area contributed by atoms with Crippen molar-refractivity contribution in [2.75, 3.05) is 12.9 Å². The van der Waals surface area contributed by atoms with Gasteiger partial charge in [-0.15, -0.1) is 10.2 Å². The maximum atomic E-state index is 12.5. The lowest BCUT2D eigenvalue weighted by Gasteiger charge is -2.19. The summed E-state index contributed by atoms with van der Waals surface area (Å²) in [5, 5.41) is 13.6. The smallest absolute Gasteiger partial charge is 0.250 e. The van der Waals surface area contributed by atoms with E-state index < -0.39 is 0 Å². The number of aromatic nitrogens is 3. The molecule has 0 fully saturated rings. The Kier molecular flexibility index (Phi) is 7.85. The van der Waals surface area contributed by atoms with E-state index in [1.54, 1.807) is 13.3 Å². The molecule has 0 spiro atoms. The number of nitrogens with zero attached hydrogens (tertiary/aromatic N) is 4. The molecule has 7 nitrogen and oxygen atoms in total. The number of thioether (sulfide) groups is 1. The van der Waals surface area contributed by atoms with Crippen LogP contribution in [0.2, 0.25) is 0 Å². The SMILES string of the molecule is COc1ccccc1/C=N/NC(=O)CSc1nnc(-c2ccc(C(C)(C)C)cc2)n1-c1ccccc1. The molecule has 0 bridgehead atoms. The van der Waals surface area contributed by atoms with Gasteiger partial charge in [-0.1, -0.05) is 87.1 Å². The van der Waals surface area contributed by atoms with Gasteiger partial charge in [0.05, 0.1) is 19.1 Å². The first-order valence-electron chi connectivity index (χ1n) is 11.6. The van der Waals surface area contributed by atoms with Crippen molar-refractivity contribution in [3.05, 3.63) is 90.0 Å². The number of hydrogen-bond acceptors (Lipinski definition) is 6. The van der Waals surface area contributed by atoms with Gasteiger partial charge < -0.3 is 4.74 Å². The average Bonchev–Trinajstić information content (AvgIpc) is 3.32. The van der Waals surface area contributed by atoms with Crippen LogP contribution in [0.4, 0.5) is 0 Å². The van der Waals surface area contributed by atoms with Gasteiger partial charge in [-0.3, -0.25) is 9.36 Å². The van der Waals surface area contributed by atoms with Gasteiger partial charge in [0.25, 0.3) is 5.91 Å². The maximum absolute atomic E-state index is 12.5. The van der Waals surface area contributed by atoms with E-state index in [1.165, 1.54) is 17.3 Å². The average molecular weight is 500 g/mol. The molecule has 0 aliphatic heterocycles. The highest BCUT2D eigenvalue weighted by Crippen LogP contribution is 2.30. The third-order valence-corrected chi connectivity index (χ3v) is 6.45. The van der Waals surface area contributed by atoms with E-state index in [2.05, 4.69) is 65.8 Å². The van der Waals surface area contributed by atoms with Crippen molar-refractivity contribution in [3.8, 4) is 22.8 Å². The number of nitrogens with one attached hydrogen (secondary N) is 1. The highest BCUT2D eigenvalue weighted by atomic mass is 32.2. The highest BCUT2D eigenvalue weighted by Gasteiger charge is 2.19. The summed E-state index contributed by atoms with van der Waals surface area (Å²) in [6.07, 6.45) is 1.56. The number of hydrogen-bond donors (Lipinski definition) is 1. The number of amides is 1. The van der Waals surface area contributed by atoms with Crippen molar-refractivity contribution in [1.29, 1.82) is 0 Å². The topological polar surface area (TPSA) is 81.4 Å². The molecule has 1 heterocycles. The standard InChI is InChI=1S/C28H29N5O2S/c1-28(2,3)22-16-14-20(15-17-22)26-31-32-27(33(26)23-11-6-5-7-12-23)36-19-25(34)30-29-18-21-10-8-9-13-24(21)35-4/h5-18H,19H2,1-4H3,(H,30,34)/b29-18+. The summed E-state index contributed by atoms with van der Waals surface area (Å²) < 4.78 is 7.27. The third-order valence-electron chi connectivity index (χ3n) is 5.52. The maximum Gasteiger partial charge on any atom is 0.250 e. The van der Waals surface area contributed by atoms with E-state index in [-0.39, 0.29) is 17.1 Å². The first-order valence-corrected chi connectivity index (χ1v) is 12.5. The van der Waals surface area contributed by atoms with Crippen molar-refractivity contribution in [1.82, 2.24) is 20.2 Å². The second kappa shape index (κ2) is 11.2. The van der Waals surface area contributed by atoms with Gasteiger partial charge in [-0.25, -0.2) is 5.43 Å². The molecule has 0 saturated carbocycles. The molecule has 0 aliphatic rings. The second-order valence-electron chi connectivity index (χ2n) is 9.13. The monoisotopic (exact) mass is 499 g/mol. The van der Waals surface area contributed by atoms with Gasteiger partial charge in [-0.2, -0.15) is 5.10 Å². The van der Waals surface area contributed by atoms with Crippen molar-refractivity contribution in [2.24, 2.45) is 5.10 Å². The number of carbonyl (C=O) groups excluding carboxylic acids is 1. The fourth-order valence-electron chi connectivity index (χ4n) is 3.59. The van der Waals surface area contributed by atoms with Gasteiger partial charge in [-0.05, 0) is 35.2 Å². The molecule has 1 amide bonds. The van der Waals surface area contributed by atoms with Crippen molar-refractivity contribution in [3.63, 3.8) is 0 Å². The Morgan fingerprint density at radius 3 is 2.39 bits per heavy atom. The first kappa shape index (κ1) is 25.2. The second-order valence-corrected chi connectivity index (χ2v) is 10.1. The molecule has 0 aliphatic carbocycles. The zero-order chi connectivity index (χ0) is 25.5. The fraction of sp³-hybridized carbons (Fsp3) is 0.214. The van der Waals surface area contributed by atoms with Crippen LogP contribution in [0.5, 0.6) is 5.75 Å². The van der Waals surface area contributed by atoms with Crippen molar-refractivity contribution in [2.45, 2.75) is 31.3 Å². The largest absolute Gasteiger partial charge is 0.496 e. The highest BCUT2D eigenvalue weighted by molar-refractivity contribution is 7.99. The summed E-state index contributed by atoms with van der Waals surface area (Å²) in [7, 11) is 1.60. The van der Waals surface area contributed by atoms with Crippen LogP contribution in [0.25, 0.3) is 17.1 Å². The minimum absolute atomic E-state index is 0.0636. The molecule has 0 radical (unpaired) electrons. The Bertz CT molecular complexity index is 1340. The van der Waals surface area contributed by atoms with Gasteiger partial charge >= 0.3 is 0 Å². The number of hydrazone groups is 1. The minimum atomic E-state index is -0.246. The van der Waals surface area contributed by atoms with E-state index in [1.807, 2.05) is 59.2 Å². The van der Waals surface area contributed by atoms with Crippen molar-refractivity contribution < 1.29 is 9.53 Å². The summed E-state index contributed by atoms with van der Waals surface area (Å²) >= 11 is 1.31. The Morgan fingerprint density at radius 2 is 1.69 bits per heavy atom. The van der Waals surface area contributed by atoms with Crippen LogP contribution in [-0.4, -0.2) is 39.7 Å². The molecule has 3 aromatic carbocycles. The van der Waals surface area contributed by atoms with Crippen LogP contribution in [0, 0.1) is 0 Å². The Labute approximate surface area is 215 Å². The molecule has 36 heavy (non-hydrogen) atoms. The van der Waals surface area contributed by atoms with E-state index in [0.29, 0.717) is 10.9 Å². The summed E-state index contributed by atoms with van der Waals surface area (Å²) in [6, 6.07) is 25.7. The van der Waals surface area contributed by atoms with Gasteiger partial charge in [0.2, 0.25) is 0 Å². The zero-order valence-corrected chi connectivity index (χ0v) is 21.6. The Balaban J connectivity index is 1.51. The van der Waals surface area contributed by atoms with Gasteiger partial charge in [0.1, 0.15) is 5.75 Å². The lowest BCUT2D eigenvalue weighted by atomic mass is 9.87. The first-order chi connectivity index (χ1) is 17.4. The Hall–Kier alpha value is -3.91. The zero-order valence-electron chi connectivity index (χ0n) is 20.8. The predicted octanol–water partition coefficient (Wildman–Crippen LogP) is 5.48. The lowest BCUT2D eigenvalue weighted by Crippen LogP contribution is -2.20. The van der Waals surface area contributed by atoms with E-state index in [9.17, 15) is 4.79 Å². The van der Waals surface area contributed by atoms with Crippen LogP contribution < -0.4 is 10.2 Å². The van der Waals surface area contributed by atoms with Crippen LogP contribution >= 0.6 is 11.8 Å². The summed E-state index contributed by atoms with van der Waals surface area (Å²) in [5.74, 6) is 1.30. The molecular weight excluding hydrogens is 470 g/mol.